The van der Waals surface area contributed by atoms with E-state index in [0.29, 0.717) is 30.7 Å². The van der Waals surface area contributed by atoms with Gasteiger partial charge in [0.25, 0.3) is 5.91 Å². The number of methoxy groups -OCH3 is 1. The highest BCUT2D eigenvalue weighted by Crippen LogP contribution is 2.19. The number of amides is 1. The molecular formula is C15H24N4O2. The van der Waals surface area contributed by atoms with Crippen LogP contribution in [-0.2, 0) is 4.74 Å². The number of anilines is 1. The molecule has 0 radical (unpaired) electrons. The number of aromatic nitrogens is 2. The van der Waals surface area contributed by atoms with Gasteiger partial charge in [-0.3, -0.25) is 4.79 Å². The molecule has 6 heteroatoms. The maximum Gasteiger partial charge on any atom is 0.270 e. The van der Waals surface area contributed by atoms with E-state index in [4.69, 9.17) is 4.74 Å². The first-order valence-corrected chi connectivity index (χ1v) is 7.56. The summed E-state index contributed by atoms with van der Waals surface area (Å²) in [4.78, 5) is 22.9. The lowest BCUT2D eigenvalue weighted by atomic mass is 10.0. The maximum atomic E-state index is 12.0. The molecule has 1 aromatic heterocycles. The molecule has 1 unspecified atom stereocenters. The predicted molar refractivity (Wildman–Crippen MR) is 81.5 cm³/mol. The molecule has 0 bridgehead atoms. The summed E-state index contributed by atoms with van der Waals surface area (Å²) in [5, 5.41) is 2.84. The average Bonchev–Trinajstić information content (AvgIpc) is 2.51. The van der Waals surface area contributed by atoms with Crippen molar-refractivity contribution in [1.29, 1.82) is 0 Å². The lowest BCUT2D eigenvalue weighted by molar-refractivity contribution is 0.0943. The Balaban J connectivity index is 1.95. The van der Waals surface area contributed by atoms with Gasteiger partial charge in [0.15, 0.2) is 0 Å². The lowest BCUT2D eigenvalue weighted by Gasteiger charge is -2.30. The normalized spacial score (nSPS) is 18.6. The first-order chi connectivity index (χ1) is 10.2. The van der Waals surface area contributed by atoms with Crippen molar-refractivity contribution < 1.29 is 9.53 Å². The van der Waals surface area contributed by atoms with Crippen LogP contribution in [0, 0.1) is 5.92 Å². The van der Waals surface area contributed by atoms with Crippen LogP contribution < -0.4 is 10.2 Å². The van der Waals surface area contributed by atoms with E-state index in [0.717, 1.165) is 25.9 Å². The van der Waals surface area contributed by atoms with Gasteiger partial charge in [0.05, 0.1) is 0 Å². The predicted octanol–water partition coefficient (Wildman–Crippen LogP) is 1.48. The molecule has 1 aromatic rings. The molecule has 0 saturated carbocycles. The van der Waals surface area contributed by atoms with Crippen LogP contribution in [0.25, 0.3) is 0 Å². The summed E-state index contributed by atoms with van der Waals surface area (Å²) in [5.41, 5.74) is 0.427. The highest BCUT2D eigenvalue weighted by Gasteiger charge is 2.19. The quantitative estimate of drug-likeness (QED) is 0.804. The van der Waals surface area contributed by atoms with Crippen molar-refractivity contribution in [2.75, 3.05) is 38.3 Å². The Morgan fingerprint density at radius 3 is 3.19 bits per heavy atom. The second-order valence-corrected chi connectivity index (χ2v) is 5.54. The average molecular weight is 292 g/mol. The second-order valence-electron chi connectivity index (χ2n) is 5.54. The zero-order chi connectivity index (χ0) is 15.1. The summed E-state index contributed by atoms with van der Waals surface area (Å²) in [6, 6.07) is 1.66. The number of hydrogen-bond acceptors (Lipinski definition) is 5. The summed E-state index contributed by atoms with van der Waals surface area (Å²) in [6.45, 7) is 5.38. The minimum atomic E-state index is -0.153. The number of nitrogens with zero attached hydrogens (tertiary/aromatic N) is 3. The molecule has 1 amide bonds. The molecule has 6 nitrogen and oxygen atoms in total. The van der Waals surface area contributed by atoms with E-state index in [1.54, 1.807) is 19.4 Å². The third-order valence-corrected chi connectivity index (χ3v) is 3.63. The van der Waals surface area contributed by atoms with Crippen LogP contribution in [0.5, 0.6) is 0 Å². The van der Waals surface area contributed by atoms with Crippen LogP contribution in [0.15, 0.2) is 12.3 Å². The van der Waals surface area contributed by atoms with Gasteiger partial charge < -0.3 is 15.0 Å². The molecule has 1 N–H and O–H groups in total. The summed E-state index contributed by atoms with van der Waals surface area (Å²) in [7, 11) is 1.65. The number of carbonyl (C=O) groups excluding carboxylic acids is 1. The van der Waals surface area contributed by atoms with Gasteiger partial charge in [0.1, 0.15) is 5.69 Å². The number of nitrogens with one attached hydrogen (secondary N) is 1. The van der Waals surface area contributed by atoms with Crippen LogP contribution in [0.3, 0.4) is 0 Å². The fourth-order valence-electron chi connectivity index (χ4n) is 2.51. The van der Waals surface area contributed by atoms with E-state index in [1.807, 2.05) is 0 Å². The van der Waals surface area contributed by atoms with Crippen LogP contribution in [-0.4, -0.2) is 49.2 Å². The Morgan fingerprint density at radius 1 is 1.57 bits per heavy atom. The molecule has 0 aromatic carbocycles. The molecule has 0 spiro atoms. The highest BCUT2D eigenvalue weighted by atomic mass is 16.5. The second kappa shape index (κ2) is 7.93. The molecular weight excluding hydrogens is 268 g/mol. The van der Waals surface area contributed by atoms with Crippen molar-refractivity contribution in [2.24, 2.45) is 5.92 Å². The van der Waals surface area contributed by atoms with Crippen molar-refractivity contribution in [2.45, 2.75) is 26.2 Å². The molecule has 0 aliphatic carbocycles. The standard InChI is InChI=1S/C15H24N4O2/c1-12-5-3-9-19(11-12)15-17-8-6-13(18-15)14(20)16-7-4-10-21-2/h6,8,12H,3-5,7,9-11H2,1-2H3,(H,16,20). The van der Waals surface area contributed by atoms with Crippen molar-refractivity contribution >= 4 is 11.9 Å². The Morgan fingerprint density at radius 2 is 2.43 bits per heavy atom. The first-order valence-electron chi connectivity index (χ1n) is 7.56. The van der Waals surface area contributed by atoms with Crippen molar-refractivity contribution in [1.82, 2.24) is 15.3 Å². The third kappa shape index (κ3) is 4.67. The summed E-state index contributed by atoms with van der Waals surface area (Å²) in [5.74, 6) is 1.15. The van der Waals surface area contributed by atoms with Crippen LogP contribution in [0.4, 0.5) is 5.95 Å². The van der Waals surface area contributed by atoms with Gasteiger partial charge >= 0.3 is 0 Å². The van der Waals surface area contributed by atoms with Gasteiger partial charge in [-0.15, -0.1) is 0 Å². The molecule has 1 fully saturated rings. The van der Waals surface area contributed by atoms with Crippen LogP contribution in [0.1, 0.15) is 36.7 Å². The number of carbonyl (C=O) groups is 1. The molecule has 2 rings (SSSR count). The number of rotatable bonds is 6. The van der Waals surface area contributed by atoms with Crippen LogP contribution in [0.2, 0.25) is 0 Å². The monoisotopic (exact) mass is 292 g/mol. The molecule has 116 valence electrons. The van der Waals surface area contributed by atoms with Crippen LogP contribution >= 0.6 is 0 Å². The fourth-order valence-corrected chi connectivity index (χ4v) is 2.51. The smallest absolute Gasteiger partial charge is 0.270 e. The number of hydrogen-bond donors (Lipinski definition) is 1. The number of piperidine rings is 1. The lowest BCUT2D eigenvalue weighted by Crippen LogP contribution is -2.36. The molecule has 1 saturated heterocycles. The van der Waals surface area contributed by atoms with Gasteiger partial charge in [0.2, 0.25) is 5.95 Å². The minimum Gasteiger partial charge on any atom is -0.385 e. The fraction of sp³-hybridized carbons (Fsp3) is 0.667. The zero-order valence-electron chi connectivity index (χ0n) is 12.8. The molecule has 1 aliphatic heterocycles. The Kier molecular flexibility index (Phi) is 5.92. The molecule has 1 aliphatic rings. The van der Waals surface area contributed by atoms with Gasteiger partial charge in [-0.1, -0.05) is 6.92 Å². The Bertz CT molecular complexity index is 467. The van der Waals surface area contributed by atoms with Crippen molar-refractivity contribution in [3.05, 3.63) is 18.0 Å². The van der Waals surface area contributed by atoms with Gasteiger partial charge in [-0.05, 0) is 31.2 Å². The Labute approximate surface area is 125 Å². The first kappa shape index (κ1) is 15.7. The van der Waals surface area contributed by atoms with E-state index in [1.165, 1.54) is 6.42 Å². The Hall–Kier alpha value is -1.69. The summed E-state index contributed by atoms with van der Waals surface area (Å²) >= 11 is 0. The zero-order valence-corrected chi connectivity index (χ0v) is 12.8. The van der Waals surface area contributed by atoms with E-state index in [-0.39, 0.29) is 5.91 Å². The summed E-state index contributed by atoms with van der Waals surface area (Å²) in [6.07, 6.45) is 4.85. The minimum absolute atomic E-state index is 0.153. The largest absolute Gasteiger partial charge is 0.385 e. The SMILES string of the molecule is COCCCNC(=O)c1ccnc(N2CCCC(C)C2)n1. The third-order valence-electron chi connectivity index (χ3n) is 3.63. The van der Waals surface area contributed by atoms with Gasteiger partial charge in [-0.25, -0.2) is 9.97 Å². The topological polar surface area (TPSA) is 67.3 Å². The van der Waals surface area contributed by atoms with Gasteiger partial charge in [-0.2, -0.15) is 0 Å². The van der Waals surface area contributed by atoms with Gasteiger partial charge in [0, 0.05) is 39.5 Å². The van der Waals surface area contributed by atoms with E-state index in [9.17, 15) is 4.79 Å². The number of ether oxygens (including phenoxy) is 1. The van der Waals surface area contributed by atoms with E-state index < -0.39 is 0 Å². The van der Waals surface area contributed by atoms with Crippen molar-refractivity contribution in [3.8, 4) is 0 Å². The molecule has 1 atom stereocenters. The van der Waals surface area contributed by atoms with Crippen molar-refractivity contribution in [3.63, 3.8) is 0 Å². The van der Waals surface area contributed by atoms with E-state index >= 15 is 0 Å². The summed E-state index contributed by atoms with van der Waals surface area (Å²) < 4.78 is 4.95. The molecule has 2 heterocycles. The molecule has 21 heavy (non-hydrogen) atoms. The highest BCUT2D eigenvalue weighted by molar-refractivity contribution is 5.92. The maximum absolute atomic E-state index is 12.0. The van der Waals surface area contributed by atoms with E-state index in [2.05, 4.69) is 27.1 Å².